The zero-order valence-electron chi connectivity index (χ0n) is 16.0. The zero-order chi connectivity index (χ0) is 21.0. The van der Waals surface area contributed by atoms with Crippen LogP contribution in [0.4, 0.5) is 5.69 Å². The lowest BCUT2D eigenvalue weighted by Crippen LogP contribution is -2.52. The fourth-order valence-electron chi connectivity index (χ4n) is 4.52. The lowest BCUT2D eigenvalue weighted by atomic mass is 10.0. The Kier molecular flexibility index (Phi) is 4.33. The van der Waals surface area contributed by atoms with Gasteiger partial charge in [-0.05, 0) is 47.7 Å². The average molecular weight is 428 g/mol. The molecule has 0 aliphatic carbocycles. The van der Waals surface area contributed by atoms with E-state index >= 15 is 0 Å². The van der Waals surface area contributed by atoms with Gasteiger partial charge in [0.15, 0.2) is 0 Å². The molecule has 0 aromatic heterocycles. The molecule has 0 radical (unpaired) electrons. The molecule has 9 heteroatoms. The molecule has 0 saturated carbocycles. The molecule has 30 heavy (non-hydrogen) atoms. The molecule has 2 aromatic rings. The van der Waals surface area contributed by atoms with Crippen molar-refractivity contribution in [3.8, 4) is 5.75 Å². The summed E-state index contributed by atoms with van der Waals surface area (Å²) in [6, 6.07) is 8.09. The number of carbonyl (C=O) groups is 2. The number of anilines is 1. The van der Waals surface area contributed by atoms with Crippen molar-refractivity contribution in [1.82, 2.24) is 4.72 Å². The first-order chi connectivity index (χ1) is 14.3. The van der Waals surface area contributed by atoms with E-state index in [0.29, 0.717) is 30.9 Å². The van der Waals surface area contributed by atoms with E-state index in [0.717, 1.165) is 16.7 Å². The SMILES string of the molecule is O=C(O)[C@@H]1Cc2cccc3c2N1C(=O)[C@@H](NS(=O)(=O)c1ccc2c(c1)CCO2)CC3. The third-order valence-corrected chi connectivity index (χ3v) is 7.43. The van der Waals surface area contributed by atoms with E-state index in [1.165, 1.54) is 11.0 Å². The Morgan fingerprint density at radius 1 is 1.13 bits per heavy atom. The summed E-state index contributed by atoms with van der Waals surface area (Å²) >= 11 is 0. The summed E-state index contributed by atoms with van der Waals surface area (Å²) in [5.74, 6) is -0.962. The Balaban J connectivity index is 1.48. The number of rotatable bonds is 4. The first kappa shape index (κ1) is 19.1. The molecular formula is C21H20N2O6S. The van der Waals surface area contributed by atoms with Gasteiger partial charge in [-0.2, -0.15) is 4.72 Å². The standard InChI is InChI=1S/C21H20N2O6S/c24-20-16(22-30(27,28)15-5-7-18-13(10-15)8-9-29-18)6-4-12-2-1-3-14-11-17(21(25)26)23(20)19(12)14/h1-3,5,7,10,16-17,22H,4,6,8-9,11H2,(H,25,26)/t16-,17-/m0/s1. The molecular weight excluding hydrogens is 408 g/mol. The number of amides is 1. The molecule has 2 atom stereocenters. The van der Waals surface area contributed by atoms with Crippen molar-refractivity contribution in [2.45, 2.75) is 42.7 Å². The lowest BCUT2D eigenvalue weighted by Gasteiger charge is -2.26. The number of nitrogens with zero attached hydrogens (tertiary/aromatic N) is 1. The fraction of sp³-hybridized carbons (Fsp3) is 0.333. The van der Waals surface area contributed by atoms with Crippen LogP contribution < -0.4 is 14.4 Å². The van der Waals surface area contributed by atoms with Gasteiger partial charge in [-0.15, -0.1) is 0 Å². The average Bonchev–Trinajstić information content (AvgIpc) is 3.31. The second kappa shape index (κ2) is 6.82. The van der Waals surface area contributed by atoms with E-state index in [-0.39, 0.29) is 17.7 Å². The molecule has 3 heterocycles. The van der Waals surface area contributed by atoms with Gasteiger partial charge in [0.1, 0.15) is 17.8 Å². The molecule has 0 spiro atoms. The molecule has 156 valence electrons. The first-order valence-corrected chi connectivity index (χ1v) is 11.3. The summed E-state index contributed by atoms with van der Waals surface area (Å²) in [7, 11) is -3.97. The third-order valence-electron chi connectivity index (χ3n) is 5.96. The summed E-state index contributed by atoms with van der Waals surface area (Å²) < 4.78 is 34.0. The highest BCUT2D eigenvalue weighted by atomic mass is 32.2. The molecule has 0 saturated heterocycles. The summed E-state index contributed by atoms with van der Waals surface area (Å²) in [6.45, 7) is 0.513. The maximum absolute atomic E-state index is 13.3. The normalized spacial score (nSPS) is 22.3. The molecule has 0 bridgehead atoms. The van der Waals surface area contributed by atoms with Crippen molar-refractivity contribution in [2.24, 2.45) is 0 Å². The molecule has 8 nitrogen and oxygen atoms in total. The topological polar surface area (TPSA) is 113 Å². The van der Waals surface area contributed by atoms with Crippen LogP contribution in [0, 0.1) is 0 Å². The Labute approximate surface area is 173 Å². The molecule has 0 fully saturated rings. The predicted molar refractivity (Wildman–Crippen MR) is 107 cm³/mol. The second-order valence-corrected chi connectivity index (χ2v) is 9.49. The molecule has 3 aliphatic heterocycles. The minimum absolute atomic E-state index is 0.0678. The van der Waals surface area contributed by atoms with Crippen LogP contribution >= 0.6 is 0 Å². The van der Waals surface area contributed by atoms with Gasteiger partial charge in [-0.3, -0.25) is 9.69 Å². The number of nitrogens with one attached hydrogen (secondary N) is 1. The van der Waals surface area contributed by atoms with Crippen LogP contribution in [0.3, 0.4) is 0 Å². The van der Waals surface area contributed by atoms with Gasteiger partial charge in [0, 0.05) is 12.8 Å². The van der Waals surface area contributed by atoms with E-state index in [1.54, 1.807) is 12.1 Å². The molecule has 0 unspecified atom stereocenters. The quantitative estimate of drug-likeness (QED) is 0.758. The van der Waals surface area contributed by atoms with E-state index in [9.17, 15) is 23.1 Å². The maximum Gasteiger partial charge on any atom is 0.327 e. The minimum atomic E-state index is -3.97. The number of aliphatic carboxylic acids is 1. The number of hydrogen-bond donors (Lipinski definition) is 2. The smallest absolute Gasteiger partial charge is 0.327 e. The number of ether oxygens (including phenoxy) is 1. The number of carboxylic acids is 1. The first-order valence-electron chi connectivity index (χ1n) is 9.80. The lowest BCUT2D eigenvalue weighted by molar-refractivity contribution is -0.140. The highest BCUT2D eigenvalue weighted by molar-refractivity contribution is 7.89. The molecule has 3 aliphatic rings. The van der Waals surface area contributed by atoms with Crippen molar-refractivity contribution in [1.29, 1.82) is 0 Å². The largest absolute Gasteiger partial charge is 0.493 e. The Morgan fingerprint density at radius 2 is 1.93 bits per heavy atom. The minimum Gasteiger partial charge on any atom is -0.493 e. The van der Waals surface area contributed by atoms with Crippen molar-refractivity contribution in [2.75, 3.05) is 11.5 Å². The zero-order valence-corrected chi connectivity index (χ0v) is 16.8. The van der Waals surface area contributed by atoms with Crippen molar-refractivity contribution in [3.05, 3.63) is 53.1 Å². The number of hydrogen-bond acceptors (Lipinski definition) is 5. The third kappa shape index (κ3) is 2.96. The van der Waals surface area contributed by atoms with Crippen LogP contribution in [0.5, 0.6) is 5.75 Å². The van der Waals surface area contributed by atoms with Crippen LogP contribution in [-0.4, -0.2) is 44.1 Å². The number of benzene rings is 2. The van der Waals surface area contributed by atoms with Crippen molar-refractivity contribution >= 4 is 27.6 Å². The van der Waals surface area contributed by atoms with Crippen LogP contribution in [0.1, 0.15) is 23.1 Å². The number of para-hydroxylation sites is 1. The van der Waals surface area contributed by atoms with E-state index in [4.69, 9.17) is 4.74 Å². The van der Waals surface area contributed by atoms with Crippen LogP contribution in [0.25, 0.3) is 0 Å². The summed E-state index contributed by atoms with van der Waals surface area (Å²) in [5.41, 5.74) is 3.09. The maximum atomic E-state index is 13.3. The van der Waals surface area contributed by atoms with Gasteiger partial charge in [0.05, 0.1) is 17.2 Å². The van der Waals surface area contributed by atoms with Gasteiger partial charge < -0.3 is 9.84 Å². The Hall–Kier alpha value is -2.91. The van der Waals surface area contributed by atoms with Gasteiger partial charge in [-0.25, -0.2) is 13.2 Å². The Morgan fingerprint density at radius 3 is 2.73 bits per heavy atom. The van der Waals surface area contributed by atoms with E-state index < -0.39 is 34.0 Å². The van der Waals surface area contributed by atoms with Crippen molar-refractivity contribution in [3.63, 3.8) is 0 Å². The van der Waals surface area contributed by atoms with Crippen LogP contribution in [-0.2, 0) is 38.9 Å². The van der Waals surface area contributed by atoms with Crippen molar-refractivity contribution < 1.29 is 27.9 Å². The number of fused-ring (bicyclic) bond motifs is 1. The molecule has 2 N–H and O–H groups in total. The highest BCUT2D eigenvalue weighted by Gasteiger charge is 2.44. The van der Waals surface area contributed by atoms with Crippen LogP contribution in [0.15, 0.2) is 41.3 Å². The monoisotopic (exact) mass is 428 g/mol. The van der Waals surface area contributed by atoms with E-state index in [1.807, 2.05) is 18.2 Å². The Bertz CT molecular complexity index is 1180. The molecule has 2 aromatic carbocycles. The predicted octanol–water partition coefficient (Wildman–Crippen LogP) is 1.26. The van der Waals surface area contributed by atoms with Gasteiger partial charge in [0.25, 0.3) is 0 Å². The van der Waals surface area contributed by atoms with Gasteiger partial charge in [0.2, 0.25) is 15.9 Å². The summed E-state index contributed by atoms with van der Waals surface area (Å²) in [5, 5.41) is 9.65. The number of carbonyl (C=O) groups excluding carboxylic acids is 1. The summed E-state index contributed by atoms with van der Waals surface area (Å²) in [4.78, 5) is 26.4. The van der Waals surface area contributed by atoms with Crippen LogP contribution in [0.2, 0.25) is 0 Å². The number of sulfonamides is 1. The summed E-state index contributed by atoms with van der Waals surface area (Å²) in [6.07, 6.45) is 1.58. The van der Waals surface area contributed by atoms with Gasteiger partial charge in [-0.1, -0.05) is 18.2 Å². The van der Waals surface area contributed by atoms with E-state index in [2.05, 4.69) is 4.72 Å². The molecule has 1 amide bonds. The fourth-order valence-corrected chi connectivity index (χ4v) is 5.80. The molecule has 5 rings (SSSR count). The highest BCUT2D eigenvalue weighted by Crippen LogP contribution is 2.39. The number of aryl methyl sites for hydroxylation is 1. The van der Waals surface area contributed by atoms with Gasteiger partial charge >= 0.3 is 5.97 Å². The second-order valence-electron chi connectivity index (χ2n) is 7.77. The number of carboxylic acid groups (broad SMARTS) is 1.